The number of halogens is 4. The summed E-state index contributed by atoms with van der Waals surface area (Å²) in [6, 6.07) is 13.0. The molecule has 0 aliphatic carbocycles. The summed E-state index contributed by atoms with van der Waals surface area (Å²) < 4.78 is 38.3. The number of alkyl halides is 3. The SMILES string of the molecule is CC(=NNc1cc(NN=C(C)c2ccncc2)nc(Nc2ccc(SC(F)(F)F)c(Cl)c2)n1)c1ccncc1. The van der Waals surface area contributed by atoms with E-state index in [1.54, 1.807) is 30.9 Å². The molecule has 0 amide bonds. The van der Waals surface area contributed by atoms with Gasteiger partial charge in [-0.05, 0) is 68.1 Å². The van der Waals surface area contributed by atoms with Crippen molar-refractivity contribution in [2.45, 2.75) is 24.3 Å². The summed E-state index contributed by atoms with van der Waals surface area (Å²) in [6.45, 7) is 3.65. The molecule has 0 saturated heterocycles. The molecule has 3 N–H and O–H groups in total. The number of nitrogens with one attached hydrogen (secondary N) is 3. The number of hydrazone groups is 2. The molecule has 39 heavy (non-hydrogen) atoms. The van der Waals surface area contributed by atoms with Crippen LogP contribution >= 0.6 is 23.4 Å². The molecular weight excluding hydrogens is 551 g/mol. The number of hydrogen-bond donors (Lipinski definition) is 3. The summed E-state index contributed by atoms with van der Waals surface area (Å²) >= 11 is 5.79. The van der Waals surface area contributed by atoms with Crippen LogP contribution < -0.4 is 16.2 Å². The van der Waals surface area contributed by atoms with Crippen LogP contribution in [0.2, 0.25) is 5.02 Å². The Balaban J connectivity index is 1.60. The molecule has 3 heterocycles. The van der Waals surface area contributed by atoms with Crippen LogP contribution in [0.15, 0.2) is 88.4 Å². The van der Waals surface area contributed by atoms with E-state index < -0.39 is 5.51 Å². The quantitative estimate of drug-likeness (QED) is 0.112. The third kappa shape index (κ3) is 8.38. The molecule has 0 radical (unpaired) electrons. The minimum atomic E-state index is -4.45. The molecule has 4 aromatic rings. The maximum absolute atomic E-state index is 12.8. The lowest BCUT2D eigenvalue weighted by molar-refractivity contribution is -0.0328. The Labute approximate surface area is 231 Å². The number of nitrogens with zero attached hydrogens (tertiary/aromatic N) is 6. The zero-order valence-electron chi connectivity index (χ0n) is 20.5. The second-order valence-electron chi connectivity index (χ2n) is 7.87. The van der Waals surface area contributed by atoms with Crippen LogP contribution in [0.1, 0.15) is 25.0 Å². The van der Waals surface area contributed by atoms with Gasteiger partial charge in [-0.1, -0.05) is 11.6 Å². The zero-order chi connectivity index (χ0) is 27.8. The van der Waals surface area contributed by atoms with Gasteiger partial charge in [0.05, 0.1) is 16.4 Å². The Morgan fingerprint density at radius 1 is 0.795 bits per heavy atom. The van der Waals surface area contributed by atoms with E-state index in [1.807, 2.05) is 38.1 Å². The van der Waals surface area contributed by atoms with Gasteiger partial charge in [-0.3, -0.25) is 20.8 Å². The Morgan fingerprint density at radius 3 is 1.77 bits per heavy atom. The average molecular weight is 572 g/mol. The van der Waals surface area contributed by atoms with E-state index in [-0.39, 0.29) is 27.6 Å². The van der Waals surface area contributed by atoms with Crippen molar-refractivity contribution >= 4 is 58.1 Å². The molecular formula is C25H21ClF3N9S. The van der Waals surface area contributed by atoms with Crippen molar-refractivity contribution in [1.82, 2.24) is 19.9 Å². The molecule has 4 rings (SSSR count). The van der Waals surface area contributed by atoms with Gasteiger partial charge in [0.2, 0.25) is 5.95 Å². The van der Waals surface area contributed by atoms with Crippen LogP contribution in [0, 0.1) is 0 Å². The largest absolute Gasteiger partial charge is 0.446 e. The fourth-order valence-electron chi connectivity index (χ4n) is 3.13. The molecule has 0 atom stereocenters. The van der Waals surface area contributed by atoms with E-state index in [2.05, 4.69) is 46.3 Å². The van der Waals surface area contributed by atoms with Crippen molar-refractivity contribution in [1.29, 1.82) is 0 Å². The van der Waals surface area contributed by atoms with Gasteiger partial charge in [0, 0.05) is 52.6 Å². The van der Waals surface area contributed by atoms with Crippen molar-refractivity contribution in [2.75, 3.05) is 16.2 Å². The molecule has 0 unspecified atom stereocenters. The minimum Gasteiger partial charge on any atom is -0.324 e. The van der Waals surface area contributed by atoms with Gasteiger partial charge in [0.1, 0.15) is 0 Å². The molecule has 0 bridgehead atoms. The highest BCUT2D eigenvalue weighted by Gasteiger charge is 2.30. The topological polar surface area (TPSA) is 112 Å². The van der Waals surface area contributed by atoms with E-state index in [1.165, 1.54) is 18.2 Å². The molecule has 14 heteroatoms. The van der Waals surface area contributed by atoms with Crippen molar-refractivity contribution in [3.8, 4) is 0 Å². The second-order valence-corrected chi connectivity index (χ2v) is 9.38. The van der Waals surface area contributed by atoms with Crippen LogP contribution in [0.4, 0.5) is 36.4 Å². The fourth-order valence-corrected chi connectivity index (χ4v) is 3.97. The van der Waals surface area contributed by atoms with Crippen LogP contribution in [-0.2, 0) is 0 Å². The van der Waals surface area contributed by atoms with E-state index in [0.717, 1.165) is 11.1 Å². The minimum absolute atomic E-state index is 0.0647. The third-order valence-corrected chi connectivity index (χ3v) is 6.24. The maximum atomic E-state index is 12.8. The van der Waals surface area contributed by atoms with Crippen molar-refractivity contribution in [2.24, 2.45) is 10.2 Å². The summed E-state index contributed by atoms with van der Waals surface area (Å²) in [5.74, 6) is 0.786. The molecule has 0 fully saturated rings. The summed E-state index contributed by atoms with van der Waals surface area (Å²) in [7, 11) is 0. The lowest BCUT2D eigenvalue weighted by Crippen LogP contribution is -2.07. The third-order valence-electron chi connectivity index (χ3n) is 5.01. The van der Waals surface area contributed by atoms with Crippen molar-refractivity contribution in [3.05, 3.63) is 89.5 Å². The number of pyridine rings is 2. The average Bonchev–Trinajstić information content (AvgIpc) is 2.92. The number of hydrogen-bond acceptors (Lipinski definition) is 10. The summed E-state index contributed by atoms with van der Waals surface area (Å²) in [6.07, 6.45) is 6.65. The summed E-state index contributed by atoms with van der Waals surface area (Å²) in [5, 5.41) is 11.7. The highest BCUT2D eigenvalue weighted by Crippen LogP contribution is 2.41. The first-order valence-corrected chi connectivity index (χ1v) is 12.5. The monoisotopic (exact) mass is 571 g/mol. The lowest BCUT2D eigenvalue weighted by atomic mass is 10.2. The number of rotatable bonds is 9. The normalized spacial score (nSPS) is 12.3. The van der Waals surface area contributed by atoms with E-state index in [4.69, 9.17) is 11.6 Å². The molecule has 200 valence electrons. The predicted octanol–water partition coefficient (Wildman–Crippen LogP) is 6.95. The van der Waals surface area contributed by atoms with Crippen LogP contribution in [-0.4, -0.2) is 36.9 Å². The molecule has 9 nitrogen and oxygen atoms in total. The summed E-state index contributed by atoms with van der Waals surface area (Å²) in [5.41, 5.74) is 4.86. The highest BCUT2D eigenvalue weighted by molar-refractivity contribution is 8.00. The Kier molecular flexibility index (Phi) is 8.94. The number of thioether (sulfide) groups is 1. The smallest absolute Gasteiger partial charge is 0.324 e. The molecule has 3 aromatic heterocycles. The molecule has 1 aromatic carbocycles. The number of benzene rings is 1. The van der Waals surface area contributed by atoms with Crippen LogP contribution in [0.3, 0.4) is 0 Å². The van der Waals surface area contributed by atoms with Gasteiger partial charge in [-0.15, -0.1) is 0 Å². The highest BCUT2D eigenvalue weighted by atomic mass is 35.5. The maximum Gasteiger partial charge on any atom is 0.446 e. The van der Waals surface area contributed by atoms with E-state index in [9.17, 15) is 13.2 Å². The zero-order valence-corrected chi connectivity index (χ0v) is 22.1. The summed E-state index contributed by atoms with van der Waals surface area (Å²) in [4.78, 5) is 16.7. The van der Waals surface area contributed by atoms with E-state index in [0.29, 0.717) is 28.7 Å². The molecule has 0 aliphatic heterocycles. The first-order valence-electron chi connectivity index (χ1n) is 11.3. The lowest BCUT2D eigenvalue weighted by Gasteiger charge is -2.12. The fraction of sp³-hybridized carbons (Fsp3) is 0.120. The van der Waals surface area contributed by atoms with Crippen molar-refractivity contribution in [3.63, 3.8) is 0 Å². The number of anilines is 4. The Bertz CT molecular complexity index is 1410. The Hall–Kier alpha value is -4.23. The standard InChI is InChI=1S/C25H21ClF3N9S/c1-15(17-5-9-30-10-6-17)35-37-22-14-23(38-36-16(2)18-7-11-31-12-8-18)34-24(33-22)32-19-3-4-21(20(26)13-19)39-25(27,28)29/h3-14H,1-2H3,(H3,32,33,34,37,38). The van der Waals surface area contributed by atoms with Crippen LogP contribution in [0.5, 0.6) is 0 Å². The van der Waals surface area contributed by atoms with Gasteiger partial charge in [-0.25, -0.2) is 0 Å². The van der Waals surface area contributed by atoms with Gasteiger partial charge in [0.15, 0.2) is 11.6 Å². The molecule has 0 aliphatic rings. The number of aromatic nitrogens is 4. The molecule has 0 spiro atoms. The first kappa shape index (κ1) is 27.8. The van der Waals surface area contributed by atoms with Gasteiger partial charge in [0.25, 0.3) is 0 Å². The van der Waals surface area contributed by atoms with Gasteiger partial charge < -0.3 is 5.32 Å². The van der Waals surface area contributed by atoms with E-state index >= 15 is 0 Å². The van der Waals surface area contributed by atoms with Crippen LogP contribution in [0.25, 0.3) is 0 Å². The Morgan fingerprint density at radius 2 is 1.31 bits per heavy atom. The second kappa shape index (κ2) is 12.5. The van der Waals surface area contributed by atoms with Gasteiger partial charge >= 0.3 is 5.51 Å². The van der Waals surface area contributed by atoms with Crippen molar-refractivity contribution < 1.29 is 13.2 Å². The first-order chi connectivity index (χ1) is 18.7. The molecule has 0 saturated carbocycles. The van der Waals surface area contributed by atoms with Gasteiger partial charge in [-0.2, -0.15) is 33.3 Å². The predicted molar refractivity (Wildman–Crippen MR) is 149 cm³/mol.